The molecule has 0 atom stereocenters. The zero-order valence-electron chi connectivity index (χ0n) is 10.9. The monoisotopic (exact) mass is 274 g/mol. The number of hydrogen-bond acceptors (Lipinski definition) is 0. The Kier molecular flexibility index (Phi) is 4.16. The van der Waals surface area contributed by atoms with Gasteiger partial charge in [0.15, 0.2) is 0 Å². The average molecular weight is 274 g/mol. The highest BCUT2D eigenvalue weighted by Crippen LogP contribution is 2.39. The van der Waals surface area contributed by atoms with Crippen molar-refractivity contribution in [3.63, 3.8) is 0 Å². The predicted molar refractivity (Wildman–Crippen MR) is 66.4 cm³/mol. The van der Waals surface area contributed by atoms with Gasteiger partial charge in [-0.2, -0.15) is 13.2 Å². The quantitative estimate of drug-likeness (QED) is 0.622. The highest BCUT2D eigenvalue weighted by molar-refractivity contribution is 5.29. The van der Waals surface area contributed by atoms with Crippen LogP contribution in [-0.2, 0) is 6.18 Å². The molecule has 1 aliphatic carbocycles. The van der Waals surface area contributed by atoms with Gasteiger partial charge in [0.1, 0.15) is 5.82 Å². The fourth-order valence-corrected chi connectivity index (χ4v) is 2.92. The summed E-state index contributed by atoms with van der Waals surface area (Å²) in [6.45, 7) is 2.16. The van der Waals surface area contributed by atoms with Crippen LogP contribution < -0.4 is 0 Å². The second kappa shape index (κ2) is 5.51. The molecule has 0 heterocycles. The Morgan fingerprint density at radius 3 is 2.21 bits per heavy atom. The second-order valence-corrected chi connectivity index (χ2v) is 5.36. The molecule has 0 saturated heterocycles. The van der Waals surface area contributed by atoms with Gasteiger partial charge in [-0.3, -0.25) is 0 Å². The van der Waals surface area contributed by atoms with Gasteiger partial charge in [0.2, 0.25) is 0 Å². The van der Waals surface area contributed by atoms with Crippen molar-refractivity contribution in [3.8, 4) is 0 Å². The van der Waals surface area contributed by atoms with Crippen molar-refractivity contribution in [2.45, 2.75) is 51.1 Å². The summed E-state index contributed by atoms with van der Waals surface area (Å²) in [6, 6.07) is 3.37. The standard InChI is InChI=1S/C15H18F4/c1-2-10-3-5-11(6-4-10)12-7-8-13(14(16)9-12)15(17,18)19/h7-11H,2-6H2,1H3. The van der Waals surface area contributed by atoms with Crippen LogP contribution in [0.15, 0.2) is 18.2 Å². The maximum atomic E-state index is 13.5. The minimum absolute atomic E-state index is 0.208. The van der Waals surface area contributed by atoms with Crippen LogP contribution in [0.25, 0.3) is 0 Å². The smallest absolute Gasteiger partial charge is 0.206 e. The third-order valence-corrected chi connectivity index (χ3v) is 4.19. The second-order valence-electron chi connectivity index (χ2n) is 5.36. The molecule has 106 valence electrons. The SMILES string of the molecule is CCC1CCC(c2ccc(C(F)(F)F)c(F)c2)CC1. The summed E-state index contributed by atoms with van der Waals surface area (Å²) >= 11 is 0. The molecular weight excluding hydrogens is 256 g/mol. The Bertz CT molecular complexity index is 428. The molecule has 1 fully saturated rings. The minimum atomic E-state index is -4.61. The summed E-state index contributed by atoms with van der Waals surface area (Å²) in [7, 11) is 0. The molecule has 4 heteroatoms. The van der Waals surface area contributed by atoms with Crippen LogP contribution in [0.1, 0.15) is 56.1 Å². The van der Waals surface area contributed by atoms with E-state index in [-0.39, 0.29) is 5.92 Å². The fourth-order valence-electron chi connectivity index (χ4n) is 2.92. The maximum absolute atomic E-state index is 13.5. The van der Waals surface area contributed by atoms with E-state index in [0.29, 0.717) is 5.56 Å². The van der Waals surface area contributed by atoms with E-state index in [0.717, 1.165) is 50.2 Å². The van der Waals surface area contributed by atoms with E-state index in [4.69, 9.17) is 0 Å². The van der Waals surface area contributed by atoms with E-state index in [2.05, 4.69) is 6.92 Å². The number of benzene rings is 1. The number of rotatable bonds is 2. The Balaban J connectivity index is 2.13. The van der Waals surface area contributed by atoms with Gasteiger partial charge in [-0.05, 0) is 55.2 Å². The van der Waals surface area contributed by atoms with Crippen LogP contribution in [0.2, 0.25) is 0 Å². The molecule has 1 aromatic carbocycles. The third-order valence-electron chi connectivity index (χ3n) is 4.19. The number of halogens is 4. The average Bonchev–Trinajstić information content (AvgIpc) is 2.37. The molecule has 0 aromatic heterocycles. The van der Waals surface area contributed by atoms with E-state index in [1.165, 1.54) is 6.07 Å². The summed E-state index contributed by atoms with van der Waals surface area (Å²) < 4.78 is 51.0. The lowest BCUT2D eigenvalue weighted by molar-refractivity contribution is -0.140. The zero-order valence-corrected chi connectivity index (χ0v) is 10.9. The Labute approximate surface area is 110 Å². The van der Waals surface area contributed by atoms with Crippen molar-refractivity contribution in [1.82, 2.24) is 0 Å². The molecule has 0 amide bonds. The van der Waals surface area contributed by atoms with Crippen LogP contribution >= 0.6 is 0 Å². The molecular formula is C15H18F4. The van der Waals surface area contributed by atoms with Gasteiger partial charge in [-0.1, -0.05) is 19.4 Å². The molecule has 2 rings (SSSR count). The van der Waals surface area contributed by atoms with E-state index in [9.17, 15) is 17.6 Å². The minimum Gasteiger partial charge on any atom is -0.206 e. The lowest BCUT2D eigenvalue weighted by atomic mass is 9.78. The molecule has 0 bridgehead atoms. The van der Waals surface area contributed by atoms with E-state index in [1.807, 2.05) is 0 Å². The molecule has 0 N–H and O–H groups in total. The number of hydrogen-bond donors (Lipinski definition) is 0. The number of alkyl halides is 3. The van der Waals surface area contributed by atoms with Crippen LogP contribution in [0, 0.1) is 11.7 Å². The predicted octanol–water partition coefficient (Wildman–Crippen LogP) is 5.53. The molecule has 19 heavy (non-hydrogen) atoms. The normalized spacial score (nSPS) is 24.5. The van der Waals surface area contributed by atoms with Crippen LogP contribution in [0.5, 0.6) is 0 Å². The summed E-state index contributed by atoms with van der Waals surface area (Å²) in [4.78, 5) is 0. The van der Waals surface area contributed by atoms with Crippen molar-refractivity contribution >= 4 is 0 Å². The lowest BCUT2D eigenvalue weighted by Gasteiger charge is -2.28. The summed E-state index contributed by atoms with van der Waals surface area (Å²) in [5.41, 5.74) is -0.460. The molecule has 0 nitrogen and oxygen atoms in total. The third kappa shape index (κ3) is 3.28. The van der Waals surface area contributed by atoms with Gasteiger partial charge < -0.3 is 0 Å². The van der Waals surface area contributed by atoms with Crippen LogP contribution in [0.4, 0.5) is 17.6 Å². The van der Waals surface area contributed by atoms with Crippen molar-refractivity contribution in [1.29, 1.82) is 0 Å². The van der Waals surface area contributed by atoms with Crippen LogP contribution in [0.3, 0.4) is 0 Å². The van der Waals surface area contributed by atoms with Gasteiger partial charge in [0.05, 0.1) is 5.56 Å². The first-order valence-corrected chi connectivity index (χ1v) is 6.78. The van der Waals surface area contributed by atoms with Gasteiger partial charge in [-0.25, -0.2) is 4.39 Å². The molecule has 1 aliphatic rings. The van der Waals surface area contributed by atoms with E-state index >= 15 is 0 Å². The van der Waals surface area contributed by atoms with Gasteiger partial charge in [0.25, 0.3) is 0 Å². The van der Waals surface area contributed by atoms with Gasteiger partial charge >= 0.3 is 6.18 Å². The Morgan fingerprint density at radius 2 is 1.74 bits per heavy atom. The molecule has 1 saturated carbocycles. The lowest BCUT2D eigenvalue weighted by Crippen LogP contribution is -2.14. The molecule has 0 aliphatic heterocycles. The van der Waals surface area contributed by atoms with Gasteiger partial charge in [0, 0.05) is 0 Å². The highest BCUT2D eigenvalue weighted by atomic mass is 19.4. The largest absolute Gasteiger partial charge is 0.419 e. The fraction of sp³-hybridized carbons (Fsp3) is 0.600. The Hall–Kier alpha value is -1.06. The zero-order chi connectivity index (χ0) is 14.0. The molecule has 0 unspecified atom stereocenters. The van der Waals surface area contributed by atoms with Crippen LogP contribution in [-0.4, -0.2) is 0 Å². The molecule has 0 spiro atoms. The van der Waals surface area contributed by atoms with E-state index in [1.54, 1.807) is 0 Å². The molecule has 0 radical (unpaired) electrons. The van der Waals surface area contributed by atoms with Crippen molar-refractivity contribution in [3.05, 3.63) is 35.1 Å². The first-order valence-electron chi connectivity index (χ1n) is 6.78. The highest BCUT2D eigenvalue weighted by Gasteiger charge is 2.34. The maximum Gasteiger partial charge on any atom is 0.419 e. The van der Waals surface area contributed by atoms with Crippen molar-refractivity contribution < 1.29 is 17.6 Å². The first-order chi connectivity index (χ1) is 8.91. The summed E-state index contributed by atoms with van der Waals surface area (Å²) in [5, 5.41) is 0. The molecule has 1 aromatic rings. The van der Waals surface area contributed by atoms with E-state index < -0.39 is 17.6 Å². The summed E-state index contributed by atoms with van der Waals surface area (Å²) in [6.07, 6.45) is 0.608. The first kappa shape index (κ1) is 14.4. The van der Waals surface area contributed by atoms with Crippen molar-refractivity contribution in [2.75, 3.05) is 0 Å². The topological polar surface area (TPSA) is 0 Å². The summed E-state index contributed by atoms with van der Waals surface area (Å²) in [5.74, 6) is -0.224. The van der Waals surface area contributed by atoms with Crippen molar-refractivity contribution in [2.24, 2.45) is 5.92 Å². The Morgan fingerprint density at radius 1 is 1.11 bits per heavy atom. The van der Waals surface area contributed by atoms with Gasteiger partial charge in [-0.15, -0.1) is 0 Å².